The molecule has 0 spiro atoms. The number of hydrogen-bond acceptors (Lipinski definition) is 7. The van der Waals surface area contributed by atoms with Gasteiger partial charge in [0.05, 0.1) is 64.0 Å². The van der Waals surface area contributed by atoms with Crippen LogP contribution in [0.1, 0.15) is 12.0 Å². The Morgan fingerprint density at radius 2 is 1.36 bits per heavy atom. The zero-order valence-corrected chi connectivity index (χ0v) is 22.1. The summed E-state index contributed by atoms with van der Waals surface area (Å²) in [6.45, 7) is 5.86. The van der Waals surface area contributed by atoms with E-state index >= 15 is 0 Å². The third-order valence-corrected chi connectivity index (χ3v) is 6.82. The molecule has 3 aliphatic heterocycles. The van der Waals surface area contributed by atoms with E-state index < -0.39 is 0 Å². The Labute approximate surface area is 228 Å². The third kappa shape index (κ3) is 6.75. The van der Waals surface area contributed by atoms with E-state index in [9.17, 15) is 9.59 Å². The van der Waals surface area contributed by atoms with Crippen LogP contribution in [0.4, 0.5) is 0 Å². The lowest BCUT2D eigenvalue weighted by atomic mass is 9.94. The number of rotatable bonds is 0. The number of para-hydroxylation sites is 1. The van der Waals surface area contributed by atoms with Crippen LogP contribution < -0.4 is 5.32 Å². The second-order valence-corrected chi connectivity index (χ2v) is 9.45. The molecule has 0 fully saturated rings. The van der Waals surface area contributed by atoms with E-state index in [4.69, 9.17) is 18.9 Å². The lowest BCUT2D eigenvalue weighted by Crippen LogP contribution is -2.25. The Morgan fingerprint density at radius 1 is 0.718 bits per heavy atom. The minimum absolute atomic E-state index is 0.371. The summed E-state index contributed by atoms with van der Waals surface area (Å²) in [5, 5.41) is 3.47. The molecule has 0 atom stereocenters. The molecule has 0 saturated heterocycles. The molecule has 1 aromatic carbocycles. The first kappa shape index (κ1) is 27.1. The summed E-state index contributed by atoms with van der Waals surface area (Å²) < 4.78 is 24.8. The number of amides is 2. The summed E-state index contributed by atoms with van der Waals surface area (Å²) in [6, 6.07) is 7.93. The van der Waals surface area contributed by atoms with Gasteiger partial charge in [-0.25, -0.2) is 0 Å². The molecule has 4 bridgehead atoms. The number of aromatic nitrogens is 1. The highest BCUT2D eigenvalue weighted by molar-refractivity contribution is 6.38. The number of imide groups is 1. The highest BCUT2D eigenvalue weighted by Crippen LogP contribution is 2.35. The molecule has 9 heteroatoms. The smallest absolute Gasteiger partial charge is 0.259 e. The number of nitrogens with zero attached hydrogens (tertiary/aromatic N) is 2. The Hall–Kier alpha value is -3.50. The molecule has 5 rings (SSSR count). The highest BCUT2D eigenvalue weighted by Gasteiger charge is 2.35. The Balaban J connectivity index is 1.54. The molecule has 3 aliphatic rings. The fraction of sp³-hybridized carbons (Fsp3) is 0.400. The minimum atomic E-state index is -0.376. The van der Waals surface area contributed by atoms with Crippen molar-refractivity contribution in [1.29, 1.82) is 0 Å². The molecular formula is C30H35N3O6. The summed E-state index contributed by atoms with van der Waals surface area (Å²) in [4.78, 5) is 28.6. The number of carbonyl (C=O) groups excluding carboxylic acids is 2. The van der Waals surface area contributed by atoms with E-state index in [1.807, 2.05) is 54.9 Å². The summed E-state index contributed by atoms with van der Waals surface area (Å²) in [6.07, 6.45) is 12.5. The van der Waals surface area contributed by atoms with Crippen molar-refractivity contribution in [1.82, 2.24) is 14.8 Å². The average Bonchev–Trinajstić information content (AvgIpc) is 3.47. The zero-order valence-electron chi connectivity index (χ0n) is 22.1. The first-order valence-electron chi connectivity index (χ1n) is 13.5. The number of hydrogen-bond donors (Lipinski definition) is 1. The Kier molecular flexibility index (Phi) is 9.39. The zero-order chi connectivity index (χ0) is 26.9. The van der Waals surface area contributed by atoms with Gasteiger partial charge < -0.3 is 28.4 Å². The molecule has 0 unspecified atom stereocenters. The standard InChI is InChI=1S/C30H35N3O6/c34-29-27-23-7-3-1-2-6-10-32(21-23)11-13-36-15-17-38-19-20-39-18-16-37-14-12-33-22-25(28(27)30(35)31-29)24-8-4-5-9-26(24)33/h1-6,8-9,21-22H,7,10-20H2,(H,31,34,35)/b3-1-,6-2-,23-21+. The third-order valence-electron chi connectivity index (χ3n) is 6.82. The quantitative estimate of drug-likeness (QED) is 0.521. The number of fused-ring (bicyclic) bond motifs is 8. The van der Waals surface area contributed by atoms with E-state index in [0.29, 0.717) is 90.1 Å². The van der Waals surface area contributed by atoms with Gasteiger partial charge in [-0.15, -0.1) is 0 Å². The van der Waals surface area contributed by atoms with Gasteiger partial charge >= 0.3 is 0 Å². The number of ether oxygens (including phenoxy) is 4. The van der Waals surface area contributed by atoms with Gasteiger partial charge in [-0.05, 0) is 18.1 Å². The lowest BCUT2D eigenvalue weighted by molar-refractivity contribution is -0.123. The number of allylic oxidation sites excluding steroid dienone is 3. The number of benzene rings is 1. The van der Waals surface area contributed by atoms with Crippen LogP contribution >= 0.6 is 0 Å². The molecule has 1 N–H and O–H groups in total. The normalized spacial score (nSPS) is 23.8. The van der Waals surface area contributed by atoms with Crippen molar-refractivity contribution < 1.29 is 28.5 Å². The van der Waals surface area contributed by atoms with Gasteiger partial charge in [-0.3, -0.25) is 14.9 Å². The Morgan fingerprint density at radius 3 is 2.13 bits per heavy atom. The van der Waals surface area contributed by atoms with E-state index in [1.54, 1.807) is 0 Å². The van der Waals surface area contributed by atoms with Crippen LogP contribution in [0.5, 0.6) is 0 Å². The van der Waals surface area contributed by atoms with Crippen molar-refractivity contribution in [3.8, 4) is 0 Å². The van der Waals surface area contributed by atoms with Crippen LogP contribution in [-0.4, -0.2) is 87.2 Å². The first-order valence-corrected chi connectivity index (χ1v) is 13.5. The van der Waals surface area contributed by atoms with Crippen molar-refractivity contribution in [3.05, 3.63) is 77.7 Å². The first-order chi connectivity index (χ1) is 19.2. The molecule has 2 aromatic rings. The lowest BCUT2D eigenvalue weighted by Gasteiger charge is -2.21. The summed E-state index contributed by atoms with van der Waals surface area (Å²) in [7, 11) is 0. The van der Waals surface area contributed by atoms with Crippen LogP contribution in [0.25, 0.3) is 16.5 Å². The second-order valence-electron chi connectivity index (χ2n) is 9.45. The predicted molar refractivity (Wildman–Crippen MR) is 148 cm³/mol. The van der Waals surface area contributed by atoms with Gasteiger partial charge in [0, 0.05) is 48.5 Å². The van der Waals surface area contributed by atoms with E-state index in [0.717, 1.165) is 22.0 Å². The number of nitrogens with one attached hydrogen (secondary N) is 1. The highest BCUT2D eigenvalue weighted by atomic mass is 16.6. The minimum Gasteiger partial charge on any atom is -0.377 e. The maximum absolute atomic E-state index is 13.3. The van der Waals surface area contributed by atoms with E-state index in [-0.39, 0.29) is 11.8 Å². The molecular weight excluding hydrogens is 498 g/mol. The maximum Gasteiger partial charge on any atom is 0.259 e. The molecule has 39 heavy (non-hydrogen) atoms. The van der Waals surface area contributed by atoms with Gasteiger partial charge in [-0.2, -0.15) is 0 Å². The maximum atomic E-state index is 13.3. The molecule has 4 heterocycles. The molecule has 1 aromatic heterocycles. The largest absolute Gasteiger partial charge is 0.377 e. The van der Waals surface area contributed by atoms with Gasteiger partial charge in [0.2, 0.25) is 0 Å². The molecule has 2 amide bonds. The average molecular weight is 534 g/mol. The fourth-order valence-electron chi connectivity index (χ4n) is 4.95. The van der Waals surface area contributed by atoms with Crippen LogP contribution in [-0.2, 0) is 35.1 Å². The Bertz CT molecular complexity index is 1310. The van der Waals surface area contributed by atoms with Crippen LogP contribution in [0.2, 0.25) is 0 Å². The van der Waals surface area contributed by atoms with Gasteiger partial charge in [-0.1, -0.05) is 42.5 Å². The topological polar surface area (TPSA) is 91.3 Å². The summed E-state index contributed by atoms with van der Waals surface area (Å²) >= 11 is 0. The van der Waals surface area contributed by atoms with Crippen LogP contribution in [0, 0.1) is 0 Å². The predicted octanol–water partition coefficient (Wildman–Crippen LogP) is 2.83. The molecule has 0 radical (unpaired) electrons. The second kappa shape index (κ2) is 13.5. The monoisotopic (exact) mass is 533 g/mol. The van der Waals surface area contributed by atoms with Crippen LogP contribution in [0.15, 0.2) is 72.1 Å². The molecule has 0 saturated carbocycles. The number of carbonyl (C=O) groups is 2. The van der Waals surface area contributed by atoms with Gasteiger partial charge in [0.25, 0.3) is 11.8 Å². The summed E-state index contributed by atoms with van der Waals surface area (Å²) in [5.74, 6) is -0.747. The van der Waals surface area contributed by atoms with Crippen molar-refractivity contribution in [2.45, 2.75) is 13.0 Å². The van der Waals surface area contributed by atoms with Crippen molar-refractivity contribution >= 4 is 28.3 Å². The fourth-order valence-corrected chi connectivity index (χ4v) is 4.95. The van der Waals surface area contributed by atoms with Gasteiger partial charge in [0.15, 0.2) is 0 Å². The van der Waals surface area contributed by atoms with Crippen LogP contribution in [0.3, 0.4) is 0 Å². The van der Waals surface area contributed by atoms with Crippen molar-refractivity contribution in [2.24, 2.45) is 0 Å². The van der Waals surface area contributed by atoms with Crippen molar-refractivity contribution in [2.75, 3.05) is 65.9 Å². The molecule has 206 valence electrons. The summed E-state index contributed by atoms with van der Waals surface area (Å²) in [5.41, 5.74) is 3.34. The molecule has 9 nitrogen and oxygen atoms in total. The van der Waals surface area contributed by atoms with E-state index in [2.05, 4.69) is 20.9 Å². The molecule has 0 aliphatic carbocycles. The SMILES string of the molecule is O=C1NC(=O)C2=C1/C1=C/N(C/C=C\C=C/C1)CCOCCOCCOCCOCCn1cc2c2ccccc21. The van der Waals surface area contributed by atoms with Crippen molar-refractivity contribution in [3.63, 3.8) is 0 Å². The van der Waals surface area contributed by atoms with Gasteiger partial charge in [0.1, 0.15) is 0 Å². The van der Waals surface area contributed by atoms with E-state index in [1.165, 1.54) is 0 Å².